The molecular formula is C45H37N5. The number of nitrogens with one attached hydrogen (secondary N) is 2. The summed E-state index contributed by atoms with van der Waals surface area (Å²) in [5.74, 6) is 0.888. The van der Waals surface area contributed by atoms with Gasteiger partial charge in [-0.2, -0.15) is 10.5 Å². The number of fused-ring (bicyclic) bond motifs is 1. The van der Waals surface area contributed by atoms with E-state index in [1.807, 2.05) is 30.3 Å². The van der Waals surface area contributed by atoms with Crippen molar-refractivity contribution < 1.29 is 0 Å². The molecule has 0 aromatic heterocycles. The molecule has 0 fully saturated rings. The maximum atomic E-state index is 9.71. The van der Waals surface area contributed by atoms with Gasteiger partial charge in [0.25, 0.3) is 0 Å². The highest BCUT2D eigenvalue weighted by Gasteiger charge is 2.41. The van der Waals surface area contributed by atoms with Crippen LogP contribution in [0, 0.1) is 39.9 Å². The SMILES string of the molecule is CC1C2=C(C=CC1C#N)CC(C)(C1NC(c3cc(-c4ccccc4)cc(-c4ccccc4)c3)=NC(c3ccc4cc(C#N)ccc4c3)N1)C=C2. The summed E-state index contributed by atoms with van der Waals surface area (Å²) in [6, 6.07) is 44.7. The fraction of sp³-hybridized carbons (Fsp3) is 0.178. The van der Waals surface area contributed by atoms with Crippen molar-refractivity contribution >= 4 is 16.6 Å². The molecule has 8 rings (SSSR count). The van der Waals surface area contributed by atoms with Crippen LogP contribution in [0.4, 0.5) is 0 Å². The quantitative estimate of drug-likeness (QED) is 0.199. The molecule has 1 aliphatic heterocycles. The number of hydrogen-bond donors (Lipinski definition) is 2. The van der Waals surface area contributed by atoms with E-state index in [9.17, 15) is 10.5 Å². The van der Waals surface area contributed by atoms with Crippen LogP contribution in [0.1, 0.15) is 43.1 Å². The van der Waals surface area contributed by atoms with Crippen molar-refractivity contribution in [2.24, 2.45) is 22.2 Å². The molecule has 2 aliphatic carbocycles. The summed E-state index contributed by atoms with van der Waals surface area (Å²) in [5, 5.41) is 29.0. The number of nitrogens with zero attached hydrogens (tertiary/aromatic N) is 3. The minimum Gasteiger partial charge on any atom is -0.354 e. The van der Waals surface area contributed by atoms with Crippen LogP contribution in [-0.4, -0.2) is 12.0 Å². The van der Waals surface area contributed by atoms with Gasteiger partial charge in [0.2, 0.25) is 0 Å². The highest BCUT2D eigenvalue weighted by molar-refractivity contribution is 6.02. The lowest BCUT2D eigenvalue weighted by molar-refractivity contribution is 0.227. The number of rotatable bonds is 5. The standard InChI is InChI=1S/C45H37N5/c1-29-37(28-47)18-17-36-26-45(2,20-19-41(29)36)44-49-42(35-16-15-33-21-30(27-46)13-14-34(33)22-35)48-43(50-44)40-24-38(31-9-5-3-6-10-31)23-39(25-40)32-11-7-4-8-12-32/h3-25,29,37,42,44,49H,26H2,1-2H3,(H,48,50). The first-order valence-corrected chi connectivity index (χ1v) is 17.2. The molecule has 3 aliphatic rings. The second-order valence-corrected chi connectivity index (χ2v) is 13.9. The second-order valence-electron chi connectivity index (χ2n) is 13.9. The Labute approximate surface area is 293 Å². The van der Waals surface area contributed by atoms with Gasteiger partial charge in [-0.15, -0.1) is 0 Å². The zero-order valence-corrected chi connectivity index (χ0v) is 28.1. The third-order valence-electron chi connectivity index (χ3n) is 10.5. The Balaban J connectivity index is 1.24. The van der Waals surface area contributed by atoms with Crippen molar-refractivity contribution in [1.29, 1.82) is 10.5 Å². The summed E-state index contributed by atoms with van der Waals surface area (Å²) in [5.41, 5.74) is 9.53. The molecule has 2 N–H and O–H groups in total. The Hall–Kier alpha value is -6.01. The first kappa shape index (κ1) is 31.3. The fourth-order valence-electron chi connectivity index (χ4n) is 7.58. The molecule has 242 valence electrons. The number of benzene rings is 5. The number of allylic oxidation sites excluding steroid dienone is 5. The molecule has 5 aromatic rings. The first-order chi connectivity index (χ1) is 24.4. The van der Waals surface area contributed by atoms with Gasteiger partial charge in [0.05, 0.1) is 29.8 Å². The van der Waals surface area contributed by atoms with Crippen molar-refractivity contribution in [3.63, 3.8) is 0 Å². The van der Waals surface area contributed by atoms with E-state index in [4.69, 9.17) is 4.99 Å². The molecule has 0 spiro atoms. The topological polar surface area (TPSA) is 84.0 Å². The molecule has 0 bridgehead atoms. The zero-order chi connectivity index (χ0) is 34.2. The largest absolute Gasteiger partial charge is 0.354 e. The minimum atomic E-state index is -0.318. The summed E-state index contributed by atoms with van der Waals surface area (Å²) >= 11 is 0. The van der Waals surface area contributed by atoms with E-state index >= 15 is 0 Å². The van der Waals surface area contributed by atoms with Gasteiger partial charge < -0.3 is 5.32 Å². The molecule has 5 aromatic carbocycles. The Morgan fingerprint density at radius 3 is 2.08 bits per heavy atom. The highest BCUT2D eigenvalue weighted by atomic mass is 15.3. The summed E-state index contributed by atoms with van der Waals surface area (Å²) in [6.07, 6.45) is 9.15. The van der Waals surface area contributed by atoms with E-state index in [1.54, 1.807) is 0 Å². The molecule has 1 heterocycles. The van der Waals surface area contributed by atoms with Crippen molar-refractivity contribution in [3.8, 4) is 34.4 Å². The Kier molecular flexibility index (Phi) is 8.00. The van der Waals surface area contributed by atoms with Crippen LogP contribution in [0.3, 0.4) is 0 Å². The average Bonchev–Trinajstić information content (AvgIpc) is 3.18. The fourth-order valence-corrected chi connectivity index (χ4v) is 7.58. The van der Waals surface area contributed by atoms with Gasteiger partial charge in [0.1, 0.15) is 12.0 Å². The molecular weight excluding hydrogens is 611 g/mol. The van der Waals surface area contributed by atoms with E-state index in [0.717, 1.165) is 56.4 Å². The summed E-state index contributed by atoms with van der Waals surface area (Å²) in [7, 11) is 0. The van der Waals surface area contributed by atoms with Crippen LogP contribution in [0.2, 0.25) is 0 Å². The van der Waals surface area contributed by atoms with Crippen LogP contribution in [-0.2, 0) is 0 Å². The lowest BCUT2D eigenvalue weighted by Crippen LogP contribution is -2.59. The monoisotopic (exact) mass is 647 g/mol. The van der Waals surface area contributed by atoms with Crippen molar-refractivity contribution in [3.05, 3.63) is 167 Å². The lowest BCUT2D eigenvalue weighted by Gasteiger charge is -2.44. The summed E-state index contributed by atoms with van der Waals surface area (Å²) < 4.78 is 0. The van der Waals surface area contributed by atoms with E-state index in [0.29, 0.717) is 5.56 Å². The van der Waals surface area contributed by atoms with Gasteiger partial charge in [-0.1, -0.05) is 117 Å². The lowest BCUT2D eigenvalue weighted by atomic mass is 9.69. The number of hydrogen-bond acceptors (Lipinski definition) is 5. The number of amidine groups is 1. The molecule has 5 heteroatoms. The number of aliphatic imine (C=N–C) groups is 1. The minimum absolute atomic E-state index is 0.107. The summed E-state index contributed by atoms with van der Waals surface area (Å²) in [4.78, 5) is 5.38. The van der Waals surface area contributed by atoms with Crippen molar-refractivity contribution in [2.45, 2.75) is 32.6 Å². The zero-order valence-electron chi connectivity index (χ0n) is 28.1. The normalized spacial score (nSPS) is 24.1. The van der Waals surface area contributed by atoms with Crippen LogP contribution in [0.15, 0.2) is 156 Å². The third kappa shape index (κ3) is 5.83. The number of nitriles is 2. The predicted molar refractivity (Wildman–Crippen MR) is 202 cm³/mol. The first-order valence-electron chi connectivity index (χ1n) is 17.2. The van der Waals surface area contributed by atoms with Gasteiger partial charge in [-0.05, 0) is 92.6 Å². The molecule has 0 saturated heterocycles. The van der Waals surface area contributed by atoms with E-state index in [-0.39, 0.29) is 29.6 Å². The molecule has 0 radical (unpaired) electrons. The highest BCUT2D eigenvalue weighted by Crippen LogP contribution is 2.44. The van der Waals surface area contributed by atoms with E-state index < -0.39 is 0 Å². The molecule has 0 saturated carbocycles. The van der Waals surface area contributed by atoms with Gasteiger partial charge >= 0.3 is 0 Å². The molecule has 5 unspecified atom stereocenters. The van der Waals surface area contributed by atoms with E-state index in [2.05, 4.69) is 146 Å². The molecule has 5 nitrogen and oxygen atoms in total. The van der Waals surface area contributed by atoms with Crippen molar-refractivity contribution in [2.75, 3.05) is 0 Å². The average molecular weight is 648 g/mol. The van der Waals surface area contributed by atoms with Gasteiger partial charge in [0, 0.05) is 16.9 Å². The molecule has 50 heavy (non-hydrogen) atoms. The van der Waals surface area contributed by atoms with Crippen LogP contribution >= 0.6 is 0 Å². The molecule has 0 amide bonds. The maximum Gasteiger partial charge on any atom is 0.131 e. The van der Waals surface area contributed by atoms with E-state index in [1.165, 1.54) is 11.1 Å². The molecule has 5 atom stereocenters. The summed E-state index contributed by atoms with van der Waals surface area (Å²) in [6.45, 7) is 4.45. The van der Waals surface area contributed by atoms with Crippen LogP contribution in [0.5, 0.6) is 0 Å². The Morgan fingerprint density at radius 2 is 1.40 bits per heavy atom. The maximum absolute atomic E-state index is 9.71. The smallest absolute Gasteiger partial charge is 0.131 e. The second kappa shape index (κ2) is 12.8. The van der Waals surface area contributed by atoms with Crippen molar-refractivity contribution in [1.82, 2.24) is 10.6 Å². The van der Waals surface area contributed by atoms with Crippen LogP contribution in [0.25, 0.3) is 33.0 Å². The van der Waals surface area contributed by atoms with Gasteiger partial charge in [-0.3, -0.25) is 5.32 Å². The third-order valence-corrected chi connectivity index (χ3v) is 10.5. The van der Waals surface area contributed by atoms with Gasteiger partial charge in [0.15, 0.2) is 0 Å². The van der Waals surface area contributed by atoms with Crippen LogP contribution < -0.4 is 10.6 Å². The predicted octanol–water partition coefficient (Wildman–Crippen LogP) is 9.62. The Bertz CT molecular complexity index is 2260. The Morgan fingerprint density at radius 1 is 0.740 bits per heavy atom. The van der Waals surface area contributed by atoms with Gasteiger partial charge in [-0.25, -0.2) is 4.99 Å².